The maximum absolute atomic E-state index is 9.84. The van der Waals surface area contributed by atoms with E-state index in [9.17, 15) is 5.11 Å². The van der Waals surface area contributed by atoms with Crippen molar-refractivity contribution >= 4 is 0 Å². The Bertz CT molecular complexity index is 255. The average molecular weight is 169 g/mol. The fourth-order valence-electron chi connectivity index (χ4n) is 1.11. The summed E-state index contributed by atoms with van der Waals surface area (Å²) < 4.78 is 1.67. The zero-order valence-corrected chi connectivity index (χ0v) is 7.49. The molecule has 1 aromatic heterocycles. The predicted molar refractivity (Wildman–Crippen MR) is 46.5 cm³/mol. The van der Waals surface area contributed by atoms with E-state index in [1.54, 1.807) is 23.9 Å². The van der Waals surface area contributed by atoms with Crippen molar-refractivity contribution in [1.29, 1.82) is 0 Å². The monoisotopic (exact) mass is 169 g/mol. The van der Waals surface area contributed by atoms with E-state index in [0.29, 0.717) is 18.7 Å². The minimum atomic E-state index is -0.893. The minimum absolute atomic E-state index is 0.462. The van der Waals surface area contributed by atoms with Gasteiger partial charge in [0.1, 0.15) is 5.60 Å². The SMILES string of the molecule is Cn1ccc(C(C)(O)CCN)n1. The highest BCUT2D eigenvalue weighted by Gasteiger charge is 2.24. The number of hydrogen-bond donors (Lipinski definition) is 2. The van der Waals surface area contributed by atoms with Gasteiger partial charge >= 0.3 is 0 Å². The summed E-state index contributed by atoms with van der Waals surface area (Å²) in [4.78, 5) is 0. The molecule has 0 aromatic carbocycles. The summed E-state index contributed by atoms with van der Waals surface area (Å²) in [7, 11) is 1.82. The lowest BCUT2D eigenvalue weighted by atomic mass is 9.99. The van der Waals surface area contributed by atoms with Gasteiger partial charge in [0, 0.05) is 13.2 Å². The molecule has 4 heteroatoms. The third-order valence-electron chi connectivity index (χ3n) is 1.90. The van der Waals surface area contributed by atoms with Gasteiger partial charge in [0.15, 0.2) is 0 Å². The van der Waals surface area contributed by atoms with E-state index in [-0.39, 0.29) is 0 Å². The molecule has 68 valence electrons. The number of rotatable bonds is 3. The molecule has 1 atom stereocenters. The molecule has 0 aliphatic heterocycles. The van der Waals surface area contributed by atoms with Crippen LogP contribution in [0.1, 0.15) is 19.0 Å². The Morgan fingerprint density at radius 2 is 2.42 bits per heavy atom. The van der Waals surface area contributed by atoms with Crippen LogP contribution in [0.5, 0.6) is 0 Å². The smallest absolute Gasteiger partial charge is 0.107 e. The van der Waals surface area contributed by atoms with Gasteiger partial charge in [-0.3, -0.25) is 4.68 Å². The standard InChI is InChI=1S/C8H15N3O/c1-8(12,4-5-9)7-3-6-11(2)10-7/h3,6,12H,4-5,9H2,1-2H3. The molecule has 0 saturated heterocycles. The van der Waals surface area contributed by atoms with Crippen LogP contribution in [0.15, 0.2) is 12.3 Å². The van der Waals surface area contributed by atoms with Crippen molar-refractivity contribution in [2.45, 2.75) is 18.9 Å². The number of aryl methyl sites for hydroxylation is 1. The van der Waals surface area contributed by atoms with Crippen LogP contribution >= 0.6 is 0 Å². The molecule has 4 nitrogen and oxygen atoms in total. The molecule has 0 spiro atoms. The Morgan fingerprint density at radius 1 is 1.75 bits per heavy atom. The molecule has 1 heterocycles. The second kappa shape index (κ2) is 3.25. The van der Waals surface area contributed by atoms with Crippen molar-refractivity contribution in [3.05, 3.63) is 18.0 Å². The molecule has 3 N–H and O–H groups in total. The van der Waals surface area contributed by atoms with Gasteiger partial charge in [-0.1, -0.05) is 0 Å². The van der Waals surface area contributed by atoms with Gasteiger partial charge in [-0.15, -0.1) is 0 Å². The van der Waals surface area contributed by atoms with Crippen LogP contribution in [0.4, 0.5) is 0 Å². The van der Waals surface area contributed by atoms with E-state index in [4.69, 9.17) is 5.73 Å². The summed E-state index contributed by atoms with van der Waals surface area (Å²) >= 11 is 0. The van der Waals surface area contributed by atoms with Gasteiger partial charge in [0.2, 0.25) is 0 Å². The molecular formula is C8H15N3O. The van der Waals surface area contributed by atoms with Crippen LogP contribution in [0.25, 0.3) is 0 Å². The van der Waals surface area contributed by atoms with Gasteiger partial charge in [0.05, 0.1) is 5.69 Å². The third-order valence-corrected chi connectivity index (χ3v) is 1.90. The fraction of sp³-hybridized carbons (Fsp3) is 0.625. The third kappa shape index (κ3) is 1.84. The van der Waals surface area contributed by atoms with E-state index in [0.717, 1.165) is 0 Å². The Kier molecular flexibility index (Phi) is 2.49. The zero-order valence-electron chi connectivity index (χ0n) is 7.49. The lowest BCUT2D eigenvalue weighted by Crippen LogP contribution is -2.25. The summed E-state index contributed by atoms with van der Waals surface area (Å²) in [5, 5.41) is 14.0. The van der Waals surface area contributed by atoms with E-state index < -0.39 is 5.60 Å². The average Bonchev–Trinajstić information content (AvgIpc) is 2.36. The highest BCUT2D eigenvalue weighted by Crippen LogP contribution is 2.21. The van der Waals surface area contributed by atoms with Crippen molar-refractivity contribution < 1.29 is 5.11 Å². The maximum atomic E-state index is 9.84. The number of aliphatic hydroxyl groups is 1. The first-order chi connectivity index (χ1) is 5.56. The quantitative estimate of drug-likeness (QED) is 0.668. The molecule has 0 amide bonds. The van der Waals surface area contributed by atoms with Crippen LogP contribution in [-0.2, 0) is 12.6 Å². The fourth-order valence-corrected chi connectivity index (χ4v) is 1.11. The predicted octanol–water partition coefficient (Wildman–Crippen LogP) is -0.0236. The number of nitrogens with two attached hydrogens (primary N) is 1. The molecule has 0 aliphatic carbocycles. The summed E-state index contributed by atoms with van der Waals surface area (Å²) in [5.41, 5.74) is 5.15. The van der Waals surface area contributed by atoms with Crippen molar-refractivity contribution in [3.8, 4) is 0 Å². The molecule has 0 bridgehead atoms. The molecule has 12 heavy (non-hydrogen) atoms. The van der Waals surface area contributed by atoms with Crippen LogP contribution in [0.2, 0.25) is 0 Å². The van der Waals surface area contributed by atoms with Gasteiger partial charge in [-0.2, -0.15) is 5.10 Å². The zero-order chi connectivity index (χ0) is 9.19. The highest BCUT2D eigenvalue weighted by atomic mass is 16.3. The first kappa shape index (κ1) is 9.22. The first-order valence-corrected chi connectivity index (χ1v) is 3.99. The van der Waals surface area contributed by atoms with Crippen molar-refractivity contribution in [1.82, 2.24) is 9.78 Å². The molecule has 1 rings (SSSR count). The van der Waals surface area contributed by atoms with Crippen LogP contribution in [-0.4, -0.2) is 21.4 Å². The highest BCUT2D eigenvalue weighted by molar-refractivity contribution is 5.08. The molecule has 0 fully saturated rings. The van der Waals surface area contributed by atoms with Crippen molar-refractivity contribution in [2.75, 3.05) is 6.54 Å². The molecule has 1 unspecified atom stereocenters. The normalized spacial score (nSPS) is 16.0. The molecular weight excluding hydrogens is 154 g/mol. The number of aromatic nitrogens is 2. The Morgan fingerprint density at radius 3 is 2.83 bits per heavy atom. The Hall–Kier alpha value is -0.870. The first-order valence-electron chi connectivity index (χ1n) is 3.99. The van der Waals surface area contributed by atoms with Gasteiger partial charge in [0.25, 0.3) is 0 Å². The largest absolute Gasteiger partial charge is 0.384 e. The van der Waals surface area contributed by atoms with Gasteiger partial charge in [-0.05, 0) is 26.0 Å². The molecule has 0 aliphatic rings. The minimum Gasteiger partial charge on any atom is -0.384 e. The Balaban J connectivity index is 2.81. The van der Waals surface area contributed by atoms with Crippen LogP contribution < -0.4 is 5.73 Å². The van der Waals surface area contributed by atoms with Gasteiger partial charge in [-0.25, -0.2) is 0 Å². The summed E-state index contributed by atoms with van der Waals surface area (Å²) in [6, 6.07) is 1.80. The second-order valence-corrected chi connectivity index (χ2v) is 3.19. The summed E-state index contributed by atoms with van der Waals surface area (Å²) in [6.45, 7) is 2.19. The van der Waals surface area contributed by atoms with Crippen molar-refractivity contribution in [2.24, 2.45) is 12.8 Å². The Labute approximate surface area is 72.0 Å². The van der Waals surface area contributed by atoms with E-state index >= 15 is 0 Å². The summed E-state index contributed by atoms with van der Waals surface area (Å²) in [5.74, 6) is 0. The molecule has 0 radical (unpaired) electrons. The lowest BCUT2D eigenvalue weighted by Gasteiger charge is -2.19. The van der Waals surface area contributed by atoms with Crippen molar-refractivity contribution in [3.63, 3.8) is 0 Å². The maximum Gasteiger partial charge on any atom is 0.107 e. The lowest BCUT2D eigenvalue weighted by molar-refractivity contribution is 0.0453. The number of nitrogens with zero attached hydrogens (tertiary/aromatic N) is 2. The topological polar surface area (TPSA) is 64.1 Å². The number of hydrogen-bond acceptors (Lipinski definition) is 3. The summed E-state index contributed by atoms with van der Waals surface area (Å²) in [6.07, 6.45) is 2.34. The van der Waals surface area contributed by atoms with E-state index in [1.807, 2.05) is 7.05 Å². The van der Waals surface area contributed by atoms with E-state index in [2.05, 4.69) is 5.10 Å². The molecule has 0 saturated carbocycles. The van der Waals surface area contributed by atoms with E-state index in [1.165, 1.54) is 0 Å². The second-order valence-electron chi connectivity index (χ2n) is 3.19. The van der Waals surface area contributed by atoms with Gasteiger partial charge < -0.3 is 10.8 Å². The van der Waals surface area contributed by atoms with Crippen LogP contribution in [0, 0.1) is 0 Å². The van der Waals surface area contributed by atoms with Crippen LogP contribution in [0.3, 0.4) is 0 Å². The molecule has 1 aromatic rings.